The highest BCUT2D eigenvalue weighted by molar-refractivity contribution is 5.89. The van der Waals surface area contributed by atoms with Gasteiger partial charge in [0.2, 0.25) is 0 Å². The van der Waals surface area contributed by atoms with Crippen LogP contribution in [0.3, 0.4) is 0 Å². The molecule has 0 aliphatic carbocycles. The number of carbonyl (C=O) groups is 1. The molecule has 2 amide bonds. The molecule has 3 aromatic rings. The molecular weight excluding hydrogens is 391 g/mol. The minimum absolute atomic E-state index is 0.0867. The third-order valence-electron chi connectivity index (χ3n) is 4.97. The van der Waals surface area contributed by atoms with Crippen LogP contribution in [0.4, 0.5) is 23.7 Å². The Morgan fingerprint density at radius 3 is 2.37 bits per heavy atom. The summed E-state index contributed by atoms with van der Waals surface area (Å²) >= 11 is 0. The Kier molecular flexibility index (Phi) is 6.20. The number of halogens is 3. The zero-order valence-corrected chi connectivity index (χ0v) is 17.1. The van der Waals surface area contributed by atoms with E-state index in [-0.39, 0.29) is 12.2 Å². The topological polar surface area (TPSA) is 46.1 Å². The summed E-state index contributed by atoms with van der Waals surface area (Å²) in [6.07, 6.45) is -2.51. The second-order valence-corrected chi connectivity index (χ2v) is 7.39. The van der Waals surface area contributed by atoms with E-state index in [1.807, 2.05) is 18.3 Å². The normalized spacial score (nSPS) is 11.4. The fourth-order valence-electron chi connectivity index (χ4n) is 3.51. The summed E-state index contributed by atoms with van der Waals surface area (Å²) in [7, 11) is 0. The molecule has 2 aromatic carbocycles. The highest BCUT2D eigenvalue weighted by Crippen LogP contribution is 2.30. The number of carbonyl (C=O) groups excluding carboxylic acids is 1. The van der Waals surface area contributed by atoms with Crippen molar-refractivity contribution in [3.05, 3.63) is 88.2 Å². The minimum Gasteiger partial charge on any atom is -0.345 e. The molecule has 0 aliphatic heterocycles. The van der Waals surface area contributed by atoms with Crippen LogP contribution in [-0.2, 0) is 19.3 Å². The van der Waals surface area contributed by atoms with Crippen molar-refractivity contribution < 1.29 is 18.0 Å². The molecule has 4 nitrogen and oxygen atoms in total. The van der Waals surface area contributed by atoms with Gasteiger partial charge in [-0.25, -0.2) is 4.79 Å². The first-order chi connectivity index (χ1) is 14.1. The van der Waals surface area contributed by atoms with Crippen LogP contribution in [-0.4, -0.2) is 10.6 Å². The molecule has 7 heteroatoms. The van der Waals surface area contributed by atoms with Gasteiger partial charge in [0.1, 0.15) is 0 Å². The predicted molar refractivity (Wildman–Crippen MR) is 111 cm³/mol. The van der Waals surface area contributed by atoms with Crippen molar-refractivity contribution in [2.45, 2.75) is 40.0 Å². The lowest BCUT2D eigenvalue weighted by atomic mass is 10.00. The van der Waals surface area contributed by atoms with Crippen molar-refractivity contribution in [3.63, 3.8) is 0 Å². The van der Waals surface area contributed by atoms with Crippen LogP contribution >= 0.6 is 0 Å². The summed E-state index contributed by atoms with van der Waals surface area (Å²) in [5, 5.41) is 5.16. The number of urea groups is 1. The Hall–Kier alpha value is -3.22. The number of alkyl halides is 3. The summed E-state index contributed by atoms with van der Waals surface area (Å²) in [6, 6.07) is 12.1. The summed E-state index contributed by atoms with van der Waals surface area (Å²) in [4.78, 5) is 12.2. The zero-order valence-electron chi connectivity index (χ0n) is 17.1. The Morgan fingerprint density at radius 1 is 1.00 bits per heavy atom. The van der Waals surface area contributed by atoms with Crippen LogP contribution in [0.5, 0.6) is 0 Å². The zero-order chi connectivity index (χ0) is 21.9. The van der Waals surface area contributed by atoms with Crippen LogP contribution in [0.15, 0.2) is 54.7 Å². The van der Waals surface area contributed by atoms with Crippen LogP contribution < -0.4 is 10.6 Å². The van der Waals surface area contributed by atoms with E-state index in [1.54, 1.807) is 0 Å². The lowest BCUT2D eigenvalue weighted by Crippen LogP contribution is -2.29. The summed E-state index contributed by atoms with van der Waals surface area (Å²) in [6.45, 7) is 7.16. The third kappa shape index (κ3) is 5.23. The smallest absolute Gasteiger partial charge is 0.345 e. The molecule has 0 bridgehead atoms. The second-order valence-electron chi connectivity index (χ2n) is 7.39. The van der Waals surface area contributed by atoms with Gasteiger partial charge in [-0.1, -0.05) is 23.8 Å². The molecule has 0 atom stereocenters. The average molecular weight is 415 g/mol. The van der Waals surface area contributed by atoms with E-state index in [0.29, 0.717) is 6.54 Å². The number of amides is 2. The van der Waals surface area contributed by atoms with E-state index in [2.05, 4.69) is 48.1 Å². The highest BCUT2D eigenvalue weighted by Gasteiger charge is 2.30. The molecule has 0 spiro atoms. The van der Waals surface area contributed by atoms with E-state index >= 15 is 0 Å². The molecule has 0 saturated carbocycles. The molecule has 30 heavy (non-hydrogen) atoms. The summed E-state index contributed by atoms with van der Waals surface area (Å²) in [5.74, 6) is 0. The van der Waals surface area contributed by atoms with Gasteiger partial charge in [-0.15, -0.1) is 0 Å². The van der Waals surface area contributed by atoms with Gasteiger partial charge < -0.3 is 15.2 Å². The number of hydrogen-bond acceptors (Lipinski definition) is 1. The maximum atomic E-state index is 12.8. The first-order valence-electron chi connectivity index (χ1n) is 9.56. The van der Waals surface area contributed by atoms with Gasteiger partial charge >= 0.3 is 12.2 Å². The summed E-state index contributed by atoms with van der Waals surface area (Å²) < 4.78 is 40.5. The molecule has 0 saturated heterocycles. The van der Waals surface area contributed by atoms with E-state index in [9.17, 15) is 18.0 Å². The molecule has 0 unspecified atom stereocenters. The standard InChI is InChI=1S/C23H24F3N3O/c1-15-10-16(2)21(17(3)11-15)14-29-9-5-8-20(29)13-27-22(30)28-19-7-4-6-18(12-19)23(24,25)26/h4-12H,13-14H2,1-3H3,(H2,27,28,30). The van der Waals surface area contributed by atoms with E-state index < -0.39 is 17.8 Å². The minimum atomic E-state index is -4.46. The van der Waals surface area contributed by atoms with E-state index in [1.165, 1.54) is 34.4 Å². The summed E-state index contributed by atoms with van der Waals surface area (Å²) in [5.41, 5.74) is 5.04. The van der Waals surface area contributed by atoms with Crippen molar-refractivity contribution in [3.8, 4) is 0 Å². The lowest BCUT2D eigenvalue weighted by molar-refractivity contribution is -0.137. The van der Waals surface area contributed by atoms with Gasteiger partial charge in [-0.05, 0) is 67.8 Å². The number of nitrogens with zero attached hydrogens (tertiary/aromatic N) is 1. The van der Waals surface area contributed by atoms with Crippen LogP contribution in [0.25, 0.3) is 0 Å². The van der Waals surface area contributed by atoms with Crippen molar-refractivity contribution in [2.75, 3.05) is 5.32 Å². The van der Waals surface area contributed by atoms with Crippen molar-refractivity contribution >= 4 is 11.7 Å². The lowest BCUT2D eigenvalue weighted by Gasteiger charge is -2.15. The molecule has 158 valence electrons. The molecule has 1 aromatic heterocycles. The highest BCUT2D eigenvalue weighted by atomic mass is 19.4. The first kappa shape index (κ1) is 21.5. The van der Waals surface area contributed by atoms with Gasteiger partial charge in [0, 0.05) is 24.1 Å². The number of anilines is 1. The van der Waals surface area contributed by atoms with Gasteiger partial charge in [-0.3, -0.25) is 0 Å². The van der Waals surface area contributed by atoms with Gasteiger partial charge in [0.25, 0.3) is 0 Å². The maximum Gasteiger partial charge on any atom is 0.416 e. The van der Waals surface area contributed by atoms with Crippen LogP contribution in [0, 0.1) is 20.8 Å². The van der Waals surface area contributed by atoms with Crippen molar-refractivity contribution in [1.82, 2.24) is 9.88 Å². The number of aryl methyl sites for hydroxylation is 3. The quantitative estimate of drug-likeness (QED) is 0.543. The number of aromatic nitrogens is 1. The fourth-order valence-corrected chi connectivity index (χ4v) is 3.51. The van der Waals surface area contributed by atoms with E-state index in [0.717, 1.165) is 17.8 Å². The average Bonchev–Trinajstić information content (AvgIpc) is 3.09. The molecule has 0 fully saturated rings. The van der Waals surface area contributed by atoms with E-state index in [4.69, 9.17) is 0 Å². The Bertz CT molecular complexity index is 1030. The number of rotatable bonds is 5. The monoisotopic (exact) mass is 415 g/mol. The first-order valence-corrected chi connectivity index (χ1v) is 9.56. The van der Waals surface area contributed by atoms with Crippen molar-refractivity contribution in [1.29, 1.82) is 0 Å². The van der Waals surface area contributed by atoms with Crippen molar-refractivity contribution in [2.24, 2.45) is 0 Å². The third-order valence-corrected chi connectivity index (χ3v) is 4.97. The molecule has 3 rings (SSSR count). The SMILES string of the molecule is Cc1cc(C)c(Cn2cccc2CNC(=O)Nc2cccc(C(F)(F)F)c2)c(C)c1. The predicted octanol–water partition coefficient (Wildman–Crippen LogP) is 5.80. The second kappa shape index (κ2) is 8.65. The number of hydrogen-bond donors (Lipinski definition) is 2. The Labute approximate surface area is 173 Å². The van der Waals surface area contributed by atoms with Gasteiger partial charge in [0.05, 0.1) is 12.1 Å². The molecule has 2 N–H and O–H groups in total. The number of benzene rings is 2. The molecule has 1 heterocycles. The Morgan fingerprint density at radius 2 is 1.70 bits per heavy atom. The Balaban J connectivity index is 1.64. The van der Waals surface area contributed by atoms with Crippen LogP contribution in [0.1, 0.15) is 33.5 Å². The molecular formula is C23H24F3N3O. The number of nitrogens with one attached hydrogen (secondary N) is 2. The largest absolute Gasteiger partial charge is 0.416 e. The van der Waals surface area contributed by atoms with Gasteiger partial charge in [-0.2, -0.15) is 13.2 Å². The van der Waals surface area contributed by atoms with Crippen LogP contribution in [0.2, 0.25) is 0 Å². The fraction of sp³-hybridized carbons (Fsp3) is 0.261. The maximum absolute atomic E-state index is 12.8. The van der Waals surface area contributed by atoms with Gasteiger partial charge in [0.15, 0.2) is 0 Å². The molecule has 0 aliphatic rings. The molecule has 0 radical (unpaired) electrons.